The van der Waals surface area contributed by atoms with Crippen LogP contribution in [0.25, 0.3) is 0 Å². The summed E-state index contributed by atoms with van der Waals surface area (Å²) in [4.78, 5) is 9.99. The first-order valence-corrected chi connectivity index (χ1v) is 11.7. The highest BCUT2D eigenvalue weighted by atomic mass is 16.5. The van der Waals surface area contributed by atoms with Crippen molar-refractivity contribution >= 4 is 5.96 Å². The molecule has 2 fully saturated rings. The Morgan fingerprint density at radius 1 is 1.31 bits per heavy atom. The van der Waals surface area contributed by atoms with E-state index in [1.54, 1.807) is 7.11 Å². The van der Waals surface area contributed by atoms with Crippen molar-refractivity contribution < 1.29 is 9.47 Å². The second-order valence-electron chi connectivity index (χ2n) is 8.48. The topological polar surface area (TPSA) is 67.2 Å². The number of aromatic nitrogens is 2. The molecular weight excluding hydrogens is 404 g/mol. The zero-order chi connectivity index (χ0) is 22.3. The molecular formula is C24H36N6O2. The van der Waals surface area contributed by atoms with Crippen molar-refractivity contribution in [3.05, 3.63) is 47.8 Å². The monoisotopic (exact) mass is 440 g/mol. The molecule has 0 amide bonds. The van der Waals surface area contributed by atoms with Crippen LogP contribution in [-0.2, 0) is 11.8 Å². The van der Waals surface area contributed by atoms with E-state index in [1.807, 2.05) is 30.2 Å². The van der Waals surface area contributed by atoms with Crippen molar-refractivity contribution in [2.24, 2.45) is 12.0 Å². The number of ether oxygens (including phenoxy) is 2. The number of aryl methyl sites for hydroxylation is 1. The number of morpholine rings is 1. The lowest BCUT2D eigenvalue weighted by Gasteiger charge is -2.35. The summed E-state index contributed by atoms with van der Waals surface area (Å²) >= 11 is 0. The number of benzene rings is 1. The van der Waals surface area contributed by atoms with Crippen molar-refractivity contribution in [1.29, 1.82) is 0 Å². The Morgan fingerprint density at radius 3 is 2.88 bits per heavy atom. The van der Waals surface area contributed by atoms with Crippen molar-refractivity contribution in [3.63, 3.8) is 0 Å². The summed E-state index contributed by atoms with van der Waals surface area (Å²) in [5.74, 6) is 1.85. The van der Waals surface area contributed by atoms with E-state index in [0.717, 1.165) is 50.0 Å². The number of hydrogen-bond acceptors (Lipinski definition) is 5. The number of nitrogens with one attached hydrogen (secondary N) is 1. The fraction of sp³-hybridized carbons (Fsp3) is 0.583. The van der Waals surface area contributed by atoms with Crippen LogP contribution in [-0.4, -0.2) is 78.5 Å². The first-order valence-electron chi connectivity index (χ1n) is 11.7. The minimum absolute atomic E-state index is 0.00840. The van der Waals surface area contributed by atoms with Gasteiger partial charge < -0.3 is 19.7 Å². The lowest BCUT2D eigenvalue weighted by molar-refractivity contribution is -0.00808. The third kappa shape index (κ3) is 5.42. The molecule has 1 aromatic heterocycles. The third-order valence-electron chi connectivity index (χ3n) is 6.27. The number of aliphatic imine (C=N–C) groups is 1. The van der Waals surface area contributed by atoms with E-state index in [0.29, 0.717) is 13.2 Å². The SMILES string of the molecule is CCNC(=NCC(c1cccc(OC)c1)N1CCCC1)N1CCOC(c2cnn(C)c2)C1. The Hall–Kier alpha value is -2.58. The normalized spacial score (nSPS) is 21.0. The number of rotatable bonds is 7. The van der Waals surface area contributed by atoms with Crippen LogP contribution in [0.15, 0.2) is 41.7 Å². The molecule has 1 N–H and O–H groups in total. The molecule has 8 nitrogen and oxygen atoms in total. The number of nitrogens with zero attached hydrogens (tertiary/aromatic N) is 5. The van der Waals surface area contributed by atoms with Gasteiger partial charge in [-0.1, -0.05) is 12.1 Å². The maximum Gasteiger partial charge on any atom is 0.194 e. The van der Waals surface area contributed by atoms with E-state index in [2.05, 4.69) is 45.3 Å². The van der Waals surface area contributed by atoms with E-state index in [1.165, 1.54) is 18.4 Å². The Kier molecular flexibility index (Phi) is 7.65. The van der Waals surface area contributed by atoms with Gasteiger partial charge in [0.15, 0.2) is 5.96 Å². The Balaban J connectivity index is 1.53. The quantitative estimate of drug-likeness (QED) is 0.527. The van der Waals surface area contributed by atoms with Crippen molar-refractivity contribution in [3.8, 4) is 5.75 Å². The molecule has 4 rings (SSSR count). The molecule has 0 radical (unpaired) electrons. The van der Waals surface area contributed by atoms with Gasteiger partial charge in [-0.25, -0.2) is 0 Å². The summed E-state index contributed by atoms with van der Waals surface area (Å²) in [6, 6.07) is 8.67. The highest BCUT2D eigenvalue weighted by molar-refractivity contribution is 5.80. The Bertz CT molecular complexity index is 892. The predicted octanol–water partition coefficient (Wildman–Crippen LogP) is 2.60. The zero-order valence-electron chi connectivity index (χ0n) is 19.5. The van der Waals surface area contributed by atoms with Gasteiger partial charge in [-0.2, -0.15) is 5.10 Å². The maximum absolute atomic E-state index is 6.04. The van der Waals surface area contributed by atoms with Crippen molar-refractivity contribution in [1.82, 2.24) is 24.9 Å². The average Bonchev–Trinajstić information content (AvgIpc) is 3.51. The zero-order valence-corrected chi connectivity index (χ0v) is 19.5. The van der Waals surface area contributed by atoms with Gasteiger partial charge >= 0.3 is 0 Å². The molecule has 2 aromatic rings. The van der Waals surface area contributed by atoms with Crippen LogP contribution in [0.4, 0.5) is 0 Å². The van der Waals surface area contributed by atoms with E-state index in [-0.39, 0.29) is 12.1 Å². The van der Waals surface area contributed by atoms with Crippen LogP contribution in [0.5, 0.6) is 5.75 Å². The molecule has 0 saturated carbocycles. The minimum Gasteiger partial charge on any atom is -0.497 e. The van der Waals surface area contributed by atoms with Gasteiger partial charge in [-0.3, -0.25) is 14.6 Å². The number of guanidine groups is 1. The highest BCUT2D eigenvalue weighted by Gasteiger charge is 2.27. The molecule has 32 heavy (non-hydrogen) atoms. The fourth-order valence-corrected chi connectivity index (χ4v) is 4.58. The maximum atomic E-state index is 6.04. The number of methoxy groups -OCH3 is 1. The first kappa shape index (κ1) is 22.6. The summed E-state index contributed by atoms with van der Waals surface area (Å²) in [6.45, 7) is 8.18. The Morgan fingerprint density at radius 2 is 2.16 bits per heavy atom. The summed E-state index contributed by atoms with van der Waals surface area (Å²) in [5, 5.41) is 7.81. The molecule has 0 spiro atoms. The molecule has 174 valence electrons. The van der Waals surface area contributed by atoms with Gasteiger partial charge in [0.05, 0.1) is 39.0 Å². The molecule has 3 heterocycles. The van der Waals surface area contributed by atoms with Gasteiger partial charge in [0.25, 0.3) is 0 Å². The number of likely N-dealkylation sites (tertiary alicyclic amines) is 1. The van der Waals surface area contributed by atoms with E-state index < -0.39 is 0 Å². The lowest BCUT2D eigenvalue weighted by atomic mass is 10.1. The standard InChI is InChI=1S/C24H36N6O2/c1-4-25-24(30-12-13-32-23(18-30)20-15-27-28(2)17-20)26-16-22(29-10-5-6-11-29)19-8-7-9-21(14-19)31-3/h7-9,14-15,17,22-23H,4-6,10-13,16,18H2,1-3H3,(H,25,26). The van der Waals surface area contributed by atoms with Crippen LogP contribution >= 0.6 is 0 Å². The van der Waals surface area contributed by atoms with Crippen LogP contribution in [0, 0.1) is 0 Å². The van der Waals surface area contributed by atoms with Gasteiger partial charge in [-0.15, -0.1) is 0 Å². The predicted molar refractivity (Wildman–Crippen MR) is 126 cm³/mol. The van der Waals surface area contributed by atoms with Crippen LogP contribution in [0.2, 0.25) is 0 Å². The highest BCUT2D eigenvalue weighted by Crippen LogP contribution is 2.28. The van der Waals surface area contributed by atoms with Gasteiger partial charge in [0.2, 0.25) is 0 Å². The van der Waals surface area contributed by atoms with Crippen LogP contribution in [0.3, 0.4) is 0 Å². The van der Waals surface area contributed by atoms with Crippen molar-refractivity contribution in [2.75, 3.05) is 53.0 Å². The van der Waals surface area contributed by atoms with Gasteiger partial charge in [0, 0.05) is 31.9 Å². The number of hydrogen-bond donors (Lipinski definition) is 1. The fourth-order valence-electron chi connectivity index (χ4n) is 4.58. The summed E-state index contributed by atoms with van der Waals surface area (Å²) in [6.07, 6.45) is 6.43. The molecule has 1 aromatic carbocycles. The third-order valence-corrected chi connectivity index (χ3v) is 6.27. The lowest BCUT2D eigenvalue weighted by Crippen LogP contribution is -2.48. The molecule has 2 atom stereocenters. The molecule has 0 bridgehead atoms. The van der Waals surface area contributed by atoms with E-state index in [9.17, 15) is 0 Å². The second kappa shape index (κ2) is 10.8. The minimum atomic E-state index is 0.00840. The average molecular weight is 441 g/mol. The summed E-state index contributed by atoms with van der Waals surface area (Å²) in [5.41, 5.74) is 2.38. The largest absolute Gasteiger partial charge is 0.497 e. The molecule has 2 unspecified atom stereocenters. The van der Waals surface area contributed by atoms with Crippen LogP contribution < -0.4 is 10.1 Å². The smallest absolute Gasteiger partial charge is 0.194 e. The second-order valence-corrected chi connectivity index (χ2v) is 8.48. The van der Waals surface area contributed by atoms with Gasteiger partial charge in [-0.05, 0) is 50.6 Å². The molecule has 2 aliphatic rings. The molecule has 2 aliphatic heterocycles. The first-order chi connectivity index (χ1) is 15.7. The van der Waals surface area contributed by atoms with E-state index >= 15 is 0 Å². The molecule has 8 heteroatoms. The van der Waals surface area contributed by atoms with E-state index in [4.69, 9.17) is 14.5 Å². The van der Waals surface area contributed by atoms with Crippen molar-refractivity contribution in [2.45, 2.75) is 31.9 Å². The molecule has 2 saturated heterocycles. The van der Waals surface area contributed by atoms with Gasteiger partial charge in [0.1, 0.15) is 11.9 Å². The Labute approximate surface area is 191 Å². The molecule has 0 aliphatic carbocycles. The summed E-state index contributed by atoms with van der Waals surface area (Å²) < 4.78 is 13.3. The van der Waals surface area contributed by atoms with Crippen LogP contribution in [0.1, 0.15) is 43.0 Å². The summed E-state index contributed by atoms with van der Waals surface area (Å²) in [7, 11) is 3.66.